The van der Waals surface area contributed by atoms with Gasteiger partial charge in [-0.2, -0.15) is 0 Å². The topological polar surface area (TPSA) is 72.7 Å². The standard InChI is InChI=1S/C13H17ClN4O2/c1-17-12(19)10-11(16-9(7-14)15-10)18(13(17)20)8-5-3-2-4-6-8/h8H,2-7H2,1H3,(H,15,16). The van der Waals surface area contributed by atoms with E-state index in [1.54, 1.807) is 4.57 Å². The summed E-state index contributed by atoms with van der Waals surface area (Å²) in [7, 11) is 1.50. The first-order chi connectivity index (χ1) is 9.63. The molecule has 20 heavy (non-hydrogen) atoms. The van der Waals surface area contributed by atoms with Gasteiger partial charge in [0.05, 0.1) is 5.88 Å². The number of hydrogen-bond donors (Lipinski definition) is 1. The fraction of sp³-hybridized carbons (Fsp3) is 0.615. The van der Waals surface area contributed by atoms with Crippen LogP contribution in [0.15, 0.2) is 9.59 Å². The average Bonchev–Trinajstić information content (AvgIpc) is 2.90. The van der Waals surface area contributed by atoms with Gasteiger partial charge in [0.1, 0.15) is 11.3 Å². The molecule has 1 N–H and O–H groups in total. The largest absolute Gasteiger partial charge is 0.335 e. The fourth-order valence-corrected chi connectivity index (χ4v) is 3.10. The van der Waals surface area contributed by atoms with Gasteiger partial charge >= 0.3 is 5.69 Å². The van der Waals surface area contributed by atoms with Gasteiger partial charge in [0.25, 0.3) is 5.56 Å². The van der Waals surface area contributed by atoms with Crippen LogP contribution in [0.3, 0.4) is 0 Å². The van der Waals surface area contributed by atoms with Gasteiger partial charge in [-0.25, -0.2) is 9.78 Å². The van der Waals surface area contributed by atoms with E-state index in [0.717, 1.165) is 30.3 Å². The number of rotatable bonds is 2. The average molecular weight is 297 g/mol. The predicted octanol–water partition coefficient (Wildman–Crippen LogP) is 1.67. The molecule has 108 valence electrons. The monoisotopic (exact) mass is 296 g/mol. The molecule has 0 amide bonds. The Morgan fingerprint density at radius 1 is 1.30 bits per heavy atom. The molecule has 1 aliphatic carbocycles. The van der Waals surface area contributed by atoms with Crippen molar-refractivity contribution in [3.05, 3.63) is 26.7 Å². The van der Waals surface area contributed by atoms with E-state index in [-0.39, 0.29) is 23.2 Å². The summed E-state index contributed by atoms with van der Waals surface area (Å²) in [5.41, 5.74) is 0.178. The maximum absolute atomic E-state index is 12.4. The van der Waals surface area contributed by atoms with Crippen LogP contribution in [0.2, 0.25) is 0 Å². The van der Waals surface area contributed by atoms with Crippen LogP contribution in [-0.4, -0.2) is 19.1 Å². The van der Waals surface area contributed by atoms with Crippen LogP contribution in [0, 0.1) is 0 Å². The van der Waals surface area contributed by atoms with E-state index in [0.29, 0.717) is 17.0 Å². The summed E-state index contributed by atoms with van der Waals surface area (Å²) in [6.07, 6.45) is 5.32. The van der Waals surface area contributed by atoms with Crippen molar-refractivity contribution in [3.63, 3.8) is 0 Å². The molecule has 3 rings (SSSR count). The lowest BCUT2D eigenvalue weighted by Gasteiger charge is -2.24. The Kier molecular flexibility index (Phi) is 3.41. The van der Waals surface area contributed by atoms with Crippen LogP contribution in [0.25, 0.3) is 11.2 Å². The van der Waals surface area contributed by atoms with Crippen LogP contribution in [0.5, 0.6) is 0 Å². The SMILES string of the molecule is Cn1c(=O)c2[nH]c(CCl)nc2n(C2CCCCC2)c1=O. The minimum atomic E-state index is -0.346. The molecule has 0 bridgehead atoms. The zero-order chi connectivity index (χ0) is 14.3. The van der Waals surface area contributed by atoms with Gasteiger partial charge in [0.2, 0.25) is 0 Å². The molecule has 1 aliphatic rings. The number of hydrogen-bond acceptors (Lipinski definition) is 3. The highest BCUT2D eigenvalue weighted by molar-refractivity contribution is 6.16. The summed E-state index contributed by atoms with van der Waals surface area (Å²) >= 11 is 5.78. The highest BCUT2D eigenvalue weighted by Gasteiger charge is 2.23. The Bertz CT molecular complexity index is 752. The van der Waals surface area contributed by atoms with Crippen molar-refractivity contribution < 1.29 is 0 Å². The molecule has 2 heterocycles. The third-order valence-electron chi connectivity index (χ3n) is 4.04. The first-order valence-electron chi connectivity index (χ1n) is 6.89. The third-order valence-corrected chi connectivity index (χ3v) is 4.29. The number of H-pyrrole nitrogens is 1. The van der Waals surface area contributed by atoms with Gasteiger partial charge < -0.3 is 4.98 Å². The van der Waals surface area contributed by atoms with Gasteiger partial charge in [-0.05, 0) is 12.8 Å². The van der Waals surface area contributed by atoms with Crippen LogP contribution < -0.4 is 11.2 Å². The second-order valence-electron chi connectivity index (χ2n) is 5.32. The summed E-state index contributed by atoms with van der Waals surface area (Å²) in [4.78, 5) is 31.8. The van der Waals surface area contributed by atoms with Gasteiger partial charge in [-0.3, -0.25) is 13.9 Å². The van der Waals surface area contributed by atoms with Crippen molar-refractivity contribution in [2.45, 2.75) is 44.0 Å². The maximum Gasteiger partial charge on any atom is 0.332 e. The lowest BCUT2D eigenvalue weighted by atomic mass is 9.95. The number of nitrogens with zero attached hydrogens (tertiary/aromatic N) is 3. The van der Waals surface area contributed by atoms with Crippen LogP contribution in [0.4, 0.5) is 0 Å². The summed E-state index contributed by atoms with van der Waals surface area (Å²) in [5.74, 6) is 0.713. The van der Waals surface area contributed by atoms with E-state index in [4.69, 9.17) is 11.6 Å². The number of alkyl halides is 1. The number of fused-ring (bicyclic) bond motifs is 1. The van der Waals surface area contributed by atoms with Gasteiger partial charge in [-0.15, -0.1) is 11.6 Å². The molecule has 0 spiro atoms. The van der Waals surface area contributed by atoms with Gasteiger partial charge in [-0.1, -0.05) is 19.3 Å². The second kappa shape index (κ2) is 5.09. The Morgan fingerprint density at radius 3 is 2.65 bits per heavy atom. The second-order valence-corrected chi connectivity index (χ2v) is 5.59. The third kappa shape index (κ3) is 1.98. The molecule has 0 unspecified atom stereocenters. The van der Waals surface area contributed by atoms with Crippen molar-refractivity contribution >= 4 is 22.8 Å². The molecule has 1 saturated carbocycles. The summed E-state index contributed by atoms with van der Waals surface area (Å²) in [5, 5.41) is 0. The van der Waals surface area contributed by atoms with E-state index in [1.165, 1.54) is 13.5 Å². The highest BCUT2D eigenvalue weighted by Crippen LogP contribution is 2.28. The van der Waals surface area contributed by atoms with Crippen LogP contribution in [0.1, 0.15) is 44.0 Å². The first kappa shape index (κ1) is 13.4. The zero-order valence-electron chi connectivity index (χ0n) is 11.4. The van der Waals surface area contributed by atoms with Crippen LogP contribution >= 0.6 is 11.6 Å². The van der Waals surface area contributed by atoms with Crippen molar-refractivity contribution in [2.24, 2.45) is 7.05 Å². The smallest absolute Gasteiger partial charge is 0.332 e. The molecule has 2 aromatic heterocycles. The normalized spacial score (nSPS) is 16.9. The molecule has 0 radical (unpaired) electrons. The molecule has 0 atom stereocenters. The van der Waals surface area contributed by atoms with E-state index in [2.05, 4.69) is 9.97 Å². The Morgan fingerprint density at radius 2 is 2.00 bits per heavy atom. The van der Waals surface area contributed by atoms with Crippen molar-refractivity contribution in [3.8, 4) is 0 Å². The number of aromatic nitrogens is 4. The van der Waals surface area contributed by atoms with Crippen LogP contribution in [-0.2, 0) is 12.9 Å². The first-order valence-corrected chi connectivity index (χ1v) is 7.43. The lowest BCUT2D eigenvalue weighted by molar-refractivity contribution is 0.345. The number of aromatic amines is 1. The minimum absolute atomic E-state index is 0.122. The molecular formula is C13H17ClN4O2. The molecule has 2 aromatic rings. The minimum Gasteiger partial charge on any atom is -0.335 e. The van der Waals surface area contributed by atoms with E-state index in [9.17, 15) is 9.59 Å². The van der Waals surface area contributed by atoms with E-state index >= 15 is 0 Å². The van der Waals surface area contributed by atoms with E-state index in [1.807, 2.05) is 0 Å². The summed E-state index contributed by atoms with van der Waals surface area (Å²) in [6.45, 7) is 0. The predicted molar refractivity (Wildman–Crippen MR) is 77.3 cm³/mol. The number of nitrogens with one attached hydrogen (secondary N) is 1. The quantitative estimate of drug-likeness (QED) is 0.857. The Labute approximate surface area is 120 Å². The lowest BCUT2D eigenvalue weighted by Crippen LogP contribution is -2.40. The van der Waals surface area contributed by atoms with Crippen molar-refractivity contribution in [1.82, 2.24) is 19.1 Å². The molecule has 1 fully saturated rings. The molecule has 0 aliphatic heterocycles. The molecular weight excluding hydrogens is 280 g/mol. The fourth-order valence-electron chi connectivity index (χ4n) is 2.97. The number of imidazole rings is 1. The zero-order valence-corrected chi connectivity index (χ0v) is 12.1. The van der Waals surface area contributed by atoms with Gasteiger partial charge in [0.15, 0.2) is 5.65 Å². The molecule has 0 saturated heterocycles. The van der Waals surface area contributed by atoms with E-state index < -0.39 is 0 Å². The Balaban J connectivity index is 2.31. The van der Waals surface area contributed by atoms with Gasteiger partial charge in [0, 0.05) is 13.1 Å². The maximum atomic E-state index is 12.4. The van der Waals surface area contributed by atoms with Crippen molar-refractivity contribution in [2.75, 3.05) is 0 Å². The van der Waals surface area contributed by atoms with Crippen molar-refractivity contribution in [1.29, 1.82) is 0 Å². The molecule has 0 aromatic carbocycles. The Hall–Kier alpha value is -1.56. The number of halogens is 1. The molecule has 6 nitrogen and oxygen atoms in total. The molecule has 7 heteroatoms. The summed E-state index contributed by atoms with van der Waals surface area (Å²) < 4.78 is 2.82. The summed E-state index contributed by atoms with van der Waals surface area (Å²) in [6, 6.07) is 0.122. The highest BCUT2D eigenvalue weighted by atomic mass is 35.5.